The van der Waals surface area contributed by atoms with E-state index >= 15 is 0 Å². The first-order valence-corrected chi connectivity index (χ1v) is 19.1. The van der Waals surface area contributed by atoms with Gasteiger partial charge in [0.25, 0.3) is 0 Å². The molecule has 2 nitrogen and oxygen atoms in total. The summed E-state index contributed by atoms with van der Waals surface area (Å²) < 4.78 is 122. The molecule has 0 fully saturated rings. The Bertz CT molecular complexity index is 3600. The number of fused-ring (bicyclic) bond motifs is 9. The monoisotopic (exact) mass is 691 g/mol. The van der Waals surface area contributed by atoms with Gasteiger partial charge in [0.1, 0.15) is 0 Å². The first-order chi connectivity index (χ1) is 31.2. The van der Waals surface area contributed by atoms with E-state index in [1.54, 1.807) is 4.57 Å². The second-order valence-corrected chi connectivity index (χ2v) is 16.9. The van der Waals surface area contributed by atoms with Crippen molar-refractivity contribution >= 4 is 72.4 Å². The standard InChI is InChI=1S/C49H34N2Si/c1-4-18-36(19-5-1)52(37-20-6-2-7-21-37,38-22-8-3-9-23-38)39-24-15-17-35(33-39)50-45-29-13-11-26-42(45)48-43-32-34-16-14-27-41-40-25-10-12-28-44(40)51(49(34)41)46(43)30-31-47(48)50/h1-31,33H,32H2/i10D,11D,12D,13D,14D,16D,25D,26D,27D,28D,29D,30D,31D. The van der Waals surface area contributed by atoms with Crippen molar-refractivity contribution < 1.29 is 17.8 Å². The normalized spacial score (nSPS) is 16.0. The maximum Gasteiger partial charge on any atom is 0.179 e. The number of para-hydroxylation sites is 3. The zero-order valence-electron chi connectivity index (χ0n) is 40.6. The highest BCUT2D eigenvalue weighted by atomic mass is 28.3. The van der Waals surface area contributed by atoms with Gasteiger partial charge in [-0.2, -0.15) is 0 Å². The lowest BCUT2D eigenvalue weighted by molar-refractivity contribution is 1.06. The summed E-state index contributed by atoms with van der Waals surface area (Å²) in [7, 11) is -3.16. The molecule has 0 amide bonds. The Kier molecular flexibility index (Phi) is 4.18. The van der Waals surface area contributed by atoms with Crippen molar-refractivity contribution in [3.63, 3.8) is 0 Å². The molecule has 0 unspecified atom stereocenters. The summed E-state index contributed by atoms with van der Waals surface area (Å²) in [5.74, 6) is 0. The van der Waals surface area contributed by atoms with E-state index in [2.05, 4.69) is 42.5 Å². The van der Waals surface area contributed by atoms with E-state index in [9.17, 15) is 6.85 Å². The third-order valence-corrected chi connectivity index (χ3v) is 15.3. The molecule has 1 aliphatic heterocycles. The Morgan fingerprint density at radius 3 is 1.71 bits per heavy atom. The minimum absolute atomic E-state index is 0.0312. The predicted octanol–water partition coefficient (Wildman–Crippen LogP) is 9.16. The van der Waals surface area contributed by atoms with E-state index in [1.165, 1.54) is 4.57 Å². The fourth-order valence-electron chi connectivity index (χ4n) is 8.45. The van der Waals surface area contributed by atoms with E-state index in [1.807, 2.05) is 72.8 Å². The van der Waals surface area contributed by atoms with Crippen molar-refractivity contribution in [2.45, 2.75) is 6.42 Å². The van der Waals surface area contributed by atoms with E-state index < -0.39 is 56.4 Å². The van der Waals surface area contributed by atoms with Crippen molar-refractivity contribution in [2.24, 2.45) is 0 Å². The smallest absolute Gasteiger partial charge is 0.179 e. The number of rotatable bonds is 5. The van der Waals surface area contributed by atoms with Crippen molar-refractivity contribution in [3.8, 4) is 11.4 Å². The predicted molar refractivity (Wildman–Crippen MR) is 222 cm³/mol. The van der Waals surface area contributed by atoms with Gasteiger partial charge in [0.2, 0.25) is 0 Å². The summed E-state index contributed by atoms with van der Waals surface area (Å²) in [6.07, 6.45) is -0.161. The largest absolute Gasteiger partial charge is 0.309 e. The average molecular weight is 692 g/mol. The van der Waals surface area contributed by atoms with Gasteiger partial charge >= 0.3 is 0 Å². The lowest BCUT2D eigenvalue weighted by Crippen LogP contribution is -2.74. The molecule has 0 aliphatic carbocycles. The number of nitrogens with zero attached hydrogens (tertiary/aromatic N) is 2. The molecule has 52 heavy (non-hydrogen) atoms. The van der Waals surface area contributed by atoms with Crippen molar-refractivity contribution in [1.29, 1.82) is 0 Å². The fraction of sp³-hybridized carbons (Fsp3) is 0.0204. The van der Waals surface area contributed by atoms with Crippen LogP contribution in [-0.4, -0.2) is 17.2 Å². The Labute approximate surface area is 321 Å². The Morgan fingerprint density at radius 1 is 0.462 bits per heavy atom. The highest BCUT2D eigenvalue weighted by molar-refractivity contribution is 7.19. The molecule has 11 rings (SSSR count). The van der Waals surface area contributed by atoms with Crippen LogP contribution in [0.1, 0.15) is 28.9 Å². The molecule has 0 radical (unpaired) electrons. The molecule has 0 spiro atoms. The molecule has 0 saturated carbocycles. The zero-order valence-corrected chi connectivity index (χ0v) is 28.6. The van der Waals surface area contributed by atoms with E-state index in [-0.39, 0.29) is 97.1 Å². The van der Waals surface area contributed by atoms with Gasteiger partial charge in [0.15, 0.2) is 8.07 Å². The lowest BCUT2D eigenvalue weighted by Gasteiger charge is -2.34. The minimum atomic E-state index is -3.16. The topological polar surface area (TPSA) is 9.86 Å². The number of aromatic nitrogens is 2. The molecule has 0 N–H and O–H groups in total. The van der Waals surface area contributed by atoms with Crippen LogP contribution >= 0.6 is 0 Å². The van der Waals surface area contributed by atoms with E-state index in [0.29, 0.717) is 5.69 Å². The number of benzene rings is 8. The van der Waals surface area contributed by atoms with E-state index in [4.69, 9.17) is 11.0 Å². The first kappa shape index (κ1) is 19.3. The molecule has 0 saturated heterocycles. The second-order valence-electron chi connectivity index (χ2n) is 13.1. The SMILES string of the molecule is [2H]c1c([2H])c([2H])c2c(c1[2H])c1c3c(c([2H])c([2H])c1n2-c1cccc([Si](c2ccccc2)(c2ccccc2)c2ccccc2)c1)-n1c2c([2H])c([2H])c([2H])c([2H])c2c2c([2H])c([2H])c([2H])c(c21)C3. The number of hydrogen-bond acceptors (Lipinski definition) is 0. The summed E-state index contributed by atoms with van der Waals surface area (Å²) in [4.78, 5) is 0. The van der Waals surface area contributed by atoms with Crippen LogP contribution in [0.15, 0.2) is 194 Å². The molecule has 0 bridgehead atoms. The molecule has 8 aromatic carbocycles. The molecule has 3 heterocycles. The summed E-state index contributed by atoms with van der Waals surface area (Å²) in [5, 5.41) is 4.51. The van der Waals surface area contributed by atoms with Gasteiger partial charge in [-0.25, -0.2) is 0 Å². The average Bonchev–Trinajstić information content (AvgIpc) is 3.89. The van der Waals surface area contributed by atoms with Gasteiger partial charge in [-0.1, -0.05) is 158 Å². The molecule has 2 aromatic heterocycles. The van der Waals surface area contributed by atoms with Crippen LogP contribution in [0.25, 0.3) is 55.0 Å². The zero-order chi connectivity index (χ0) is 45.5. The quantitative estimate of drug-likeness (QED) is 0.126. The molecule has 0 atom stereocenters. The van der Waals surface area contributed by atoms with Gasteiger partial charge in [0, 0.05) is 33.7 Å². The third kappa shape index (κ3) is 4.00. The molecule has 10 aromatic rings. The summed E-state index contributed by atoms with van der Waals surface area (Å²) in [6, 6.07) is 33.0. The molecule has 244 valence electrons. The summed E-state index contributed by atoms with van der Waals surface area (Å²) in [5.41, 5.74) is 1.30. The van der Waals surface area contributed by atoms with Gasteiger partial charge < -0.3 is 9.13 Å². The van der Waals surface area contributed by atoms with Crippen LogP contribution in [0.3, 0.4) is 0 Å². The molecule has 1 aliphatic rings. The van der Waals surface area contributed by atoms with Crippen molar-refractivity contribution in [2.75, 3.05) is 0 Å². The third-order valence-electron chi connectivity index (χ3n) is 10.5. The van der Waals surface area contributed by atoms with Crippen molar-refractivity contribution in [1.82, 2.24) is 9.13 Å². The molecule has 3 heteroatoms. The van der Waals surface area contributed by atoms with Crippen LogP contribution in [-0.2, 0) is 6.42 Å². The van der Waals surface area contributed by atoms with E-state index in [0.717, 1.165) is 20.7 Å². The van der Waals surface area contributed by atoms with Gasteiger partial charge in [-0.3, -0.25) is 0 Å². The van der Waals surface area contributed by atoms with Gasteiger partial charge in [-0.15, -0.1) is 0 Å². The maximum absolute atomic E-state index is 9.92. The Balaban J connectivity index is 1.33. The molecular formula is C49H34N2Si. The second kappa shape index (κ2) is 11.3. The van der Waals surface area contributed by atoms with Crippen LogP contribution in [0.2, 0.25) is 0 Å². The Morgan fingerprint density at radius 2 is 1.04 bits per heavy atom. The first-order valence-electron chi connectivity index (χ1n) is 23.6. The van der Waals surface area contributed by atoms with Gasteiger partial charge in [-0.05, 0) is 68.2 Å². The van der Waals surface area contributed by atoms with Crippen molar-refractivity contribution in [3.05, 3.63) is 205 Å². The lowest BCUT2D eigenvalue weighted by atomic mass is 9.93. The van der Waals surface area contributed by atoms with Crippen LogP contribution in [0, 0.1) is 0 Å². The highest BCUT2D eigenvalue weighted by Gasteiger charge is 2.41. The maximum atomic E-state index is 9.92. The minimum Gasteiger partial charge on any atom is -0.309 e. The fourth-order valence-corrected chi connectivity index (χ4v) is 13.2. The van der Waals surface area contributed by atoms with Gasteiger partial charge in [0.05, 0.1) is 45.6 Å². The number of hydrogen-bond donors (Lipinski definition) is 0. The molecular weight excluding hydrogens is 645 g/mol. The van der Waals surface area contributed by atoms with Crippen LogP contribution in [0.5, 0.6) is 0 Å². The highest BCUT2D eigenvalue weighted by Crippen LogP contribution is 2.44. The summed E-state index contributed by atoms with van der Waals surface area (Å²) in [6.45, 7) is 0. The Hall–Kier alpha value is -6.42. The van der Waals surface area contributed by atoms with Crippen LogP contribution < -0.4 is 20.7 Å². The van der Waals surface area contributed by atoms with Crippen LogP contribution in [0.4, 0.5) is 0 Å². The summed E-state index contributed by atoms with van der Waals surface area (Å²) >= 11 is 0.